The van der Waals surface area contributed by atoms with Gasteiger partial charge in [-0.3, -0.25) is 19.2 Å². The third kappa shape index (κ3) is 11.3. The summed E-state index contributed by atoms with van der Waals surface area (Å²) >= 11 is 0. The van der Waals surface area contributed by atoms with Crippen molar-refractivity contribution in [1.29, 1.82) is 0 Å². The summed E-state index contributed by atoms with van der Waals surface area (Å²) in [6.07, 6.45) is 9.50. The van der Waals surface area contributed by atoms with Crippen molar-refractivity contribution >= 4 is 23.9 Å². The molecule has 0 fully saturated rings. The van der Waals surface area contributed by atoms with Gasteiger partial charge in [0.05, 0.1) is 37.7 Å². The molecule has 0 amide bonds. The van der Waals surface area contributed by atoms with Gasteiger partial charge < -0.3 is 28.1 Å². The lowest BCUT2D eigenvalue weighted by Gasteiger charge is -2.25. The van der Waals surface area contributed by atoms with Crippen molar-refractivity contribution in [3.8, 4) is 0 Å². The van der Waals surface area contributed by atoms with E-state index in [2.05, 4.69) is 9.97 Å². The molecule has 0 bridgehead atoms. The van der Waals surface area contributed by atoms with E-state index < -0.39 is 11.8 Å². The molecule has 0 radical (unpaired) electrons. The van der Waals surface area contributed by atoms with E-state index in [-0.39, 0.29) is 75.0 Å². The second kappa shape index (κ2) is 19.4. The van der Waals surface area contributed by atoms with Crippen molar-refractivity contribution in [2.45, 2.75) is 79.4 Å². The smallest absolute Gasteiger partial charge is 0.309 e. The number of nitrogens with zero attached hydrogens (tertiary/aromatic N) is 4. The van der Waals surface area contributed by atoms with E-state index in [9.17, 15) is 19.2 Å². The topological polar surface area (TPSA) is 141 Å². The maximum atomic E-state index is 13.3. The van der Waals surface area contributed by atoms with Gasteiger partial charge in [-0.2, -0.15) is 0 Å². The molecule has 3 aromatic rings. The highest BCUT2D eigenvalue weighted by molar-refractivity contribution is 5.74. The Balaban J connectivity index is 1.58. The summed E-state index contributed by atoms with van der Waals surface area (Å²) in [7, 11) is 3.77. The van der Waals surface area contributed by atoms with Crippen molar-refractivity contribution in [1.82, 2.24) is 19.1 Å². The van der Waals surface area contributed by atoms with Crippen LogP contribution in [0.5, 0.6) is 0 Å². The zero-order valence-electron chi connectivity index (χ0n) is 29.1. The van der Waals surface area contributed by atoms with E-state index in [0.717, 1.165) is 22.5 Å². The highest BCUT2D eigenvalue weighted by atomic mass is 16.5. The minimum atomic E-state index is -0.470. The zero-order valence-corrected chi connectivity index (χ0v) is 29.1. The van der Waals surface area contributed by atoms with Crippen LogP contribution in [0.4, 0.5) is 0 Å². The lowest BCUT2D eigenvalue weighted by molar-refractivity contribution is -0.156. The standard InChI is InChI=1S/C36H50N4O8/c1-7-31(27(21-45-33(41)9-3)15-29-17-37-23-39(29)5)35(43)47-19-25-11-13-26(14-12-25)20-48-36(44)32(8-2)28(22-46-34(42)10-4)16-30-18-38-24-40(30)6/h11-14,17-18,23-24,27-28,31-32H,7-10,15-16,19-22H2,1-6H3/t27-,28-,31-,32-/m0/s1. The van der Waals surface area contributed by atoms with Crippen LogP contribution in [0.2, 0.25) is 0 Å². The molecule has 262 valence electrons. The monoisotopic (exact) mass is 666 g/mol. The first-order valence-electron chi connectivity index (χ1n) is 16.7. The summed E-state index contributed by atoms with van der Waals surface area (Å²) in [5.74, 6) is -2.81. The second-order valence-electron chi connectivity index (χ2n) is 12.1. The number of aromatic nitrogens is 4. The zero-order chi connectivity index (χ0) is 35.1. The molecule has 1 aromatic carbocycles. The first-order valence-corrected chi connectivity index (χ1v) is 16.7. The maximum absolute atomic E-state index is 13.3. The number of aryl methyl sites for hydroxylation is 2. The van der Waals surface area contributed by atoms with Gasteiger partial charge >= 0.3 is 23.9 Å². The van der Waals surface area contributed by atoms with Crippen LogP contribution in [0.25, 0.3) is 0 Å². The second-order valence-corrected chi connectivity index (χ2v) is 12.1. The summed E-state index contributed by atoms with van der Waals surface area (Å²) in [6.45, 7) is 7.69. The molecule has 48 heavy (non-hydrogen) atoms. The molecule has 0 aliphatic carbocycles. The molecule has 12 heteroatoms. The molecule has 4 atom stereocenters. The Bertz CT molecular complexity index is 1360. The summed E-state index contributed by atoms with van der Waals surface area (Å²) < 4.78 is 26.1. The molecule has 0 N–H and O–H groups in total. The number of ether oxygens (including phenoxy) is 4. The number of hydrogen-bond acceptors (Lipinski definition) is 10. The largest absolute Gasteiger partial charge is 0.465 e. The fourth-order valence-electron chi connectivity index (χ4n) is 5.58. The molecule has 0 aliphatic rings. The fourth-order valence-corrected chi connectivity index (χ4v) is 5.58. The Hall–Kier alpha value is -4.48. The van der Waals surface area contributed by atoms with Gasteiger partial charge in [0.15, 0.2) is 0 Å². The lowest BCUT2D eigenvalue weighted by Crippen LogP contribution is -2.31. The molecule has 0 saturated carbocycles. The van der Waals surface area contributed by atoms with Crippen LogP contribution < -0.4 is 0 Å². The Kier molecular flexibility index (Phi) is 15.3. The molecule has 0 unspecified atom stereocenters. The van der Waals surface area contributed by atoms with Crippen LogP contribution in [-0.4, -0.2) is 56.2 Å². The Labute approximate surface area is 283 Å². The molecule has 2 heterocycles. The van der Waals surface area contributed by atoms with Crippen LogP contribution in [-0.2, 0) is 78.3 Å². The summed E-state index contributed by atoms with van der Waals surface area (Å²) in [5, 5.41) is 0. The average Bonchev–Trinajstić information content (AvgIpc) is 3.70. The fraction of sp³-hybridized carbons (Fsp3) is 0.556. The van der Waals surface area contributed by atoms with E-state index >= 15 is 0 Å². The molecular formula is C36H50N4O8. The molecular weight excluding hydrogens is 616 g/mol. The lowest BCUT2D eigenvalue weighted by atomic mass is 9.87. The number of rotatable bonds is 20. The van der Waals surface area contributed by atoms with Gasteiger partial charge in [0.25, 0.3) is 0 Å². The Morgan fingerprint density at radius 2 is 1.00 bits per heavy atom. The molecule has 0 spiro atoms. The van der Waals surface area contributed by atoms with Crippen molar-refractivity contribution < 1.29 is 38.1 Å². The number of hydrogen-bond donors (Lipinski definition) is 0. The van der Waals surface area contributed by atoms with E-state index in [4.69, 9.17) is 18.9 Å². The van der Waals surface area contributed by atoms with E-state index in [1.54, 1.807) is 38.9 Å². The van der Waals surface area contributed by atoms with Gasteiger partial charge in [0.2, 0.25) is 0 Å². The van der Waals surface area contributed by atoms with Crippen molar-refractivity contribution in [2.24, 2.45) is 37.8 Å². The number of esters is 4. The van der Waals surface area contributed by atoms with Crippen LogP contribution >= 0.6 is 0 Å². The number of benzene rings is 1. The number of carbonyl (C=O) groups is 4. The van der Waals surface area contributed by atoms with Crippen molar-refractivity contribution in [2.75, 3.05) is 13.2 Å². The predicted octanol–water partition coefficient (Wildman–Crippen LogP) is 4.92. The third-order valence-electron chi connectivity index (χ3n) is 8.68. The first-order chi connectivity index (χ1) is 23.1. The molecule has 0 saturated heterocycles. The normalized spacial score (nSPS) is 13.6. The predicted molar refractivity (Wildman–Crippen MR) is 177 cm³/mol. The summed E-state index contributed by atoms with van der Waals surface area (Å²) in [4.78, 5) is 58.6. The van der Waals surface area contributed by atoms with Gasteiger partial charge in [0, 0.05) is 62.6 Å². The van der Waals surface area contributed by atoms with Gasteiger partial charge in [-0.15, -0.1) is 0 Å². The van der Waals surface area contributed by atoms with Crippen LogP contribution in [0.15, 0.2) is 49.3 Å². The van der Waals surface area contributed by atoms with Crippen molar-refractivity contribution in [3.05, 3.63) is 71.8 Å². The van der Waals surface area contributed by atoms with Crippen LogP contribution in [0.3, 0.4) is 0 Å². The SMILES string of the molecule is CCC(=O)OC[C@H](Cc1cncn1C)[C@H](CC)C(=O)OCc1ccc(COC(=O)[C@@H](CC)[C@H](COC(=O)CC)Cc2cncn2C)cc1. The third-order valence-corrected chi connectivity index (χ3v) is 8.68. The minimum Gasteiger partial charge on any atom is -0.465 e. The van der Waals surface area contributed by atoms with Crippen LogP contribution in [0.1, 0.15) is 75.9 Å². The molecule has 3 rings (SSSR count). The average molecular weight is 667 g/mol. The molecule has 12 nitrogen and oxygen atoms in total. The van der Waals surface area contributed by atoms with Gasteiger partial charge in [-0.1, -0.05) is 52.0 Å². The number of imidazole rings is 2. The van der Waals surface area contributed by atoms with Gasteiger partial charge in [0.1, 0.15) is 13.2 Å². The van der Waals surface area contributed by atoms with Crippen molar-refractivity contribution in [3.63, 3.8) is 0 Å². The molecule has 2 aromatic heterocycles. The van der Waals surface area contributed by atoms with E-state index in [0.29, 0.717) is 25.7 Å². The quantitative estimate of drug-likeness (QED) is 0.121. The molecule has 0 aliphatic heterocycles. The summed E-state index contributed by atoms with van der Waals surface area (Å²) in [6, 6.07) is 7.33. The first kappa shape index (κ1) is 38.0. The van der Waals surface area contributed by atoms with Gasteiger partial charge in [-0.05, 0) is 36.8 Å². The van der Waals surface area contributed by atoms with Gasteiger partial charge in [-0.25, -0.2) is 9.97 Å². The summed E-state index contributed by atoms with van der Waals surface area (Å²) in [5.41, 5.74) is 3.44. The minimum absolute atomic E-state index is 0.0761. The Morgan fingerprint density at radius 1 is 0.625 bits per heavy atom. The maximum Gasteiger partial charge on any atom is 0.309 e. The van der Waals surface area contributed by atoms with E-state index in [1.807, 2.05) is 61.3 Å². The highest BCUT2D eigenvalue weighted by Gasteiger charge is 2.32. The van der Waals surface area contributed by atoms with E-state index in [1.165, 1.54) is 0 Å². The Morgan fingerprint density at radius 3 is 1.29 bits per heavy atom. The van der Waals surface area contributed by atoms with Crippen LogP contribution in [0, 0.1) is 23.7 Å². The highest BCUT2D eigenvalue weighted by Crippen LogP contribution is 2.25. The number of carbonyl (C=O) groups excluding carboxylic acids is 4.